The number of nitrogens with zero attached hydrogens (tertiary/aromatic N) is 19. The molecular formula is C53H57N21O3S3. The zero-order chi connectivity index (χ0) is 56.6. The van der Waals surface area contributed by atoms with Gasteiger partial charge in [0.15, 0.2) is 13.1 Å². The van der Waals surface area contributed by atoms with Gasteiger partial charge in [0.25, 0.3) is 0 Å². The molecule has 0 saturated heterocycles. The Balaban J connectivity index is 0.000000429. The quantitative estimate of drug-likeness (QED) is 0.142. The summed E-state index contributed by atoms with van der Waals surface area (Å²) in [5.41, 5.74) is 1.79. The Morgan fingerprint density at radius 3 is 1.29 bits per heavy atom. The molecule has 0 amide bonds. The average Bonchev–Trinajstić information content (AvgIpc) is 4.41. The maximum Gasteiger partial charge on any atom is 0.180 e. The highest BCUT2D eigenvalue weighted by atomic mass is 32.1. The maximum atomic E-state index is 4.58. The van der Waals surface area contributed by atoms with Gasteiger partial charge in [-0.2, -0.15) is 26.6 Å². The third-order valence-electron chi connectivity index (χ3n) is 6.44. The number of hydrogen-bond donors (Lipinski definition) is 2. The van der Waals surface area contributed by atoms with Crippen LogP contribution in [0, 0.1) is 0 Å². The van der Waals surface area contributed by atoms with Crippen molar-refractivity contribution < 1.29 is 13.4 Å². The molecule has 15 rings (SSSR count). The van der Waals surface area contributed by atoms with Crippen LogP contribution in [0.4, 0.5) is 0 Å². The molecule has 2 N–H and O–H groups in total. The molecule has 0 radical (unpaired) electrons. The van der Waals surface area contributed by atoms with Gasteiger partial charge in [-0.05, 0) is 95.1 Å². The summed E-state index contributed by atoms with van der Waals surface area (Å²) >= 11 is 4.78. The Kier molecular flexibility index (Phi) is 54.1. The topological polar surface area (TPSA) is 314 Å². The summed E-state index contributed by atoms with van der Waals surface area (Å²) in [6.07, 6.45) is 52.9. The third-order valence-corrected chi connectivity index (χ3v) is 8.12. The summed E-state index contributed by atoms with van der Waals surface area (Å²) in [7, 11) is 0. The molecule has 80 heavy (non-hydrogen) atoms. The number of rotatable bonds is 0. The van der Waals surface area contributed by atoms with Crippen molar-refractivity contribution in [2.24, 2.45) is 20.2 Å². The minimum absolute atomic E-state index is 0.528. The standard InChI is InChI=1S/C5H5N.3C4H4N2.2C4H5N.C4H4O.C4H4S.C3H3N3.C3H4N2.2C3H3NO.2C3H3NS.C2H3N3/c1-2-4-6-5-3-1;1-2-6-4-3-5-1;1-2-5-4-6-3-1;1-2-4-6-5-3-1;4*1-2-4-5-3-1;1-4-2-6-3-5-1;2*1-2-5-3-4-1;1-2-4-5-3-1;1-2-5-3-4-1;1-2-4-5-3-1;1-3-2-5-4-1/h1-5H;3*1-4H;1-3H,4H2;1-5H;2*1-4H;1-3H;1-3H,(H,4,5);4*1-3H;1H,2H2. The summed E-state index contributed by atoms with van der Waals surface area (Å²) in [5, 5.41) is 25.3. The van der Waals surface area contributed by atoms with Crippen LogP contribution in [-0.2, 0) is 0 Å². The van der Waals surface area contributed by atoms with Crippen LogP contribution in [-0.4, -0.2) is 110 Å². The van der Waals surface area contributed by atoms with Gasteiger partial charge < -0.3 is 23.3 Å². The lowest BCUT2D eigenvalue weighted by Gasteiger charge is -1.70. The molecule has 0 aromatic carbocycles. The number of aromatic nitrogens is 17. The Hall–Kier alpha value is -10.8. The van der Waals surface area contributed by atoms with Crippen LogP contribution >= 0.6 is 34.2 Å². The van der Waals surface area contributed by atoms with Crippen molar-refractivity contribution in [3.63, 3.8) is 0 Å². The average molecular weight is 1130 g/mol. The molecule has 13 aromatic rings. The van der Waals surface area contributed by atoms with Crippen molar-refractivity contribution in [3.05, 3.63) is 299 Å². The van der Waals surface area contributed by atoms with Crippen LogP contribution in [0.2, 0.25) is 0 Å². The van der Waals surface area contributed by atoms with Gasteiger partial charge in [0.2, 0.25) is 0 Å². The van der Waals surface area contributed by atoms with E-state index in [1.807, 2.05) is 119 Å². The first-order valence-electron chi connectivity index (χ1n) is 22.8. The molecule has 0 spiro atoms. The molecule has 0 aliphatic carbocycles. The van der Waals surface area contributed by atoms with Crippen molar-refractivity contribution in [1.82, 2.24) is 84.5 Å². The molecule has 2 aliphatic rings. The molecule has 0 saturated carbocycles. The van der Waals surface area contributed by atoms with Gasteiger partial charge in [-0.3, -0.25) is 24.9 Å². The van der Waals surface area contributed by atoms with Gasteiger partial charge in [0.05, 0.1) is 43.3 Å². The number of hydrogen-bond acceptors (Lipinski definition) is 25. The predicted octanol–water partition coefficient (Wildman–Crippen LogP) is 11.5. The zero-order valence-electron chi connectivity index (χ0n) is 42.8. The van der Waals surface area contributed by atoms with Crippen LogP contribution in [0.3, 0.4) is 0 Å². The minimum Gasteiger partial charge on any atom is -0.473 e. The van der Waals surface area contributed by atoms with Gasteiger partial charge in [-0.15, -0.1) is 16.5 Å². The minimum atomic E-state index is 0.528. The van der Waals surface area contributed by atoms with Crippen LogP contribution in [0.5, 0.6) is 0 Å². The molecule has 0 unspecified atom stereocenters. The van der Waals surface area contributed by atoms with Crippen LogP contribution in [0.1, 0.15) is 0 Å². The fourth-order valence-corrected chi connectivity index (χ4v) is 4.57. The first-order chi connectivity index (χ1) is 40.0. The Labute approximate surface area is 474 Å². The van der Waals surface area contributed by atoms with Crippen molar-refractivity contribution in [3.8, 4) is 0 Å². The summed E-state index contributed by atoms with van der Waals surface area (Å²) in [6.45, 7) is 1.42. The fourth-order valence-electron chi connectivity index (χ4n) is 3.41. The number of allylic oxidation sites excluding steroid dienone is 1. The lowest BCUT2D eigenvalue weighted by molar-refractivity contribution is 0.420. The second-order valence-corrected chi connectivity index (χ2v) is 14.4. The summed E-state index contributed by atoms with van der Waals surface area (Å²) in [6, 6.07) is 26.4. The molecule has 2 aliphatic heterocycles. The number of thiazole rings is 1. The molecular weight excluding hydrogens is 1070 g/mol. The van der Waals surface area contributed by atoms with E-state index in [0.717, 1.165) is 6.54 Å². The van der Waals surface area contributed by atoms with Crippen molar-refractivity contribution >= 4 is 46.8 Å². The summed E-state index contributed by atoms with van der Waals surface area (Å²) in [5.74, 6) is 0. The van der Waals surface area contributed by atoms with Gasteiger partial charge in [0.1, 0.15) is 44.2 Å². The zero-order valence-corrected chi connectivity index (χ0v) is 45.3. The van der Waals surface area contributed by atoms with E-state index in [1.54, 1.807) is 165 Å². The van der Waals surface area contributed by atoms with E-state index >= 15 is 0 Å². The molecule has 410 valence electrons. The summed E-state index contributed by atoms with van der Waals surface area (Å²) < 4.78 is 17.2. The third kappa shape index (κ3) is 61.5. The van der Waals surface area contributed by atoms with Gasteiger partial charge >= 0.3 is 0 Å². The lowest BCUT2D eigenvalue weighted by atomic mass is 10.5. The van der Waals surface area contributed by atoms with Crippen LogP contribution in [0.25, 0.3) is 0 Å². The molecule has 0 bridgehead atoms. The second-order valence-electron chi connectivity index (χ2n) is 12.1. The maximum absolute atomic E-state index is 4.58. The summed E-state index contributed by atoms with van der Waals surface area (Å²) in [4.78, 5) is 53.3. The number of nitrogens with one attached hydrogen (secondary N) is 2. The number of imidazole rings is 1. The lowest BCUT2D eigenvalue weighted by Crippen LogP contribution is -1.73. The van der Waals surface area contributed by atoms with E-state index in [0.29, 0.717) is 6.67 Å². The van der Waals surface area contributed by atoms with E-state index < -0.39 is 0 Å². The molecule has 0 atom stereocenters. The van der Waals surface area contributed by atoms with Gasteiger partial charge in [-0.1, -0.05) is 29.4 Å². The molecule has 0 fully saturated rings. The Bertz CT molecular complexity index is 2110. The second kappa shape index (κ2) is 64.3. The van der Waals surface area contributed by atoms with Crippen molar-refractivity contribution in [2.75, 3.05) is 13.2 Å². The number of aliphatic imine (C=N–C) groups is 2. The van der Waals surface area contributed by atoms with Crippen molar-refractivity contribution in [1.29, 1.82) is 0 Å². The van der Waals surface area contributed by atoms with E-state index in [2.05, 4.69) is 118 Å². The van der Waals surface area contributed by atoms with Gasteiger partial charge in [-0.25, -0.2) is 44.3 Å². The van der Waals surface area contributed by atoms with E-state index in [-0.39, 0.29) is 0 Å². The number of aromatic amines is 2. The van der Waals surface area contributed by atoms with E-state index in [4.69, 9.17) is 0 Å². The number of H-pyrrole nitrogens is 2. The number of oxazole rings is 1. The largest absolute Gasteiger partial charge is 0.473 e. The number of thiophene rings is 1. The van der Waals surface area contributed by atoms with Gasteiger partial charge in [0, 0.05) is 116 Å². The van der Waals surface area contributed by atoms with Crippen LogP contribution in [0.15, 0.2) is 332 Å². The smallest absolute Gasteiger partial charge is 0.180 e. The molecule has 13 aromatic heterocycles. The molecule has 24 nitrogen and oxygen atoms in total. The Morgan fingerprint density at radius 2 is 1.10 bits per heavy atom. The highest BCUT2D eigenvalue weighted by Crippen LogP contribution is 1.91. The monoisotopic (exact) mass is 1130 g/mol. The fraction of sp³-hybridized carbons (Fsp3) is 0.0377. The molecule has 27 heteroatoms. The Morgan fingerprint density at radius 1 is 0.412 bits per heavy atom. The van der Waals surface area contributed by atoms with Crippen LogP contribution < -0.4 is 0 Å². The number of furan rings is 1. The van der Waals surface area contributed by atoms with E-state index in [9.17, 15) is 0 Å². The first kappa shape index (κ1) is 67.2. The van der Waals surface area contributed by atoms with E-state index in [1.165, 1.54) is 62.1 Å². The SMILES string of the molecule is C1=CCN=C1.C1=NCN=N1.c1c[nH]cn1.c1cc[nH]c1.c1ccncc1.c1ccnnc1.c1ccoc1.c1ccsc1.c1cnccn1.c1cncnc1.c1cnoc1.c1cnsc1.c1cocn1.c1cscn1.c1ncncn1. The number of azo groups is 1. The predicted molar refractivity (Wildman–Crippen MR) is 311 cm³/mol. The first-order valence-corrected chi connectivity index (χ1v) is 25.5. The highest BCUT2D eigenvalue weighted by Gasteiger charge is 1.75. The highest BCUT2D eigenvalue weighted by molar-refractivity contribution is 7.07. The normalized spacial score (nSPS) is 9.20. The molecule has 15 heterocycles. The van der Waals surface area contributed by atoms with Crippen molar-refractivity contribution in [2.45, 2.75) is 0 Å². The number of pyridine rings is 1.